The summed E-state index contributed by atoms with van der Waals surface area (Å²) in [4.78, 5) is 14.8. The fraction of sp³-hybridized carbons (Fsp3) is 0. The number of furan rings is 1. The Kier molecular flexibility index (Phi) is 6.05. The number of hydrogen-bond donors (Lipinski definition) is 0. The third-order valence-corrected chi connectivity index (χ3v) is 11.0. The van der Waals surface area contributed by atoms with E-state index in [0.717, 1.165) is 55.1 Å². The van der Waals surface area contributed by atoms with E-state index in [1.54, 1.807) is 11.3 Å². The lowest BCUT2D eigenvalue weighted by Gasteiger charge is -2.08. The fourth-order valence-electron chi connectivity index (χ4n) is 7.45. The zero-order valence-corrected chi connectivity index (χ0v) is 27.9. The second-order valence-electron chi connectivity index (χ2n) is 12.8. The Bertz CT molecular complexity index is 3030. The summed E-state index contributed by atoms with van der Waals surface area (Å²) < 4.78 is 11.3. The highest BCUT2D eigenvalue weighted by Crippen LogP contribution is 2.42. The molecule has 11 rings (SSSR count). The highest BCUT2D eigenvalue weighted by atomic mass is 32.1. The van der Waals surface area contributed by atoms with Crippen molar-refractivity contribution >= 4 is 75.3 Å². The largest absolute Gasteiger partial charge is 0.456 e. The Balaban J connectivity index is 1.07. The molecule has 0 fully saturated rings. The fourth-order valence-corrected chi connectivity index (χ4v) is 8.56. The molecule has 0 saturated heterocycles. The Morgan fingerprint density at radius 2 is 0.961 bits per heavy atom. The average molecular weight is 671 g/mol. The highest BCUT2D eigenvalue weighted by Gasteiger charge is 2.18. The van der Waals surface area contributed by atoms with Gasteiger partial charge in [0.15, 0.2) is 17.5 Å². The summed E-state index contributed by atoms with van der Waals surface area (Å²) in [6, 6.07) is 55.0. The van der Waals surface area contributed by atoms with Gasteiger partial charge in [-0.25, -0.2) is 15.0 Å². The van der Waals surface area contributed by atoms with Crippen molar-refractivity contribution < 1.29 is 4.42 Å². The molecule has 51 heavy (non-hydrogen) atoms. The van der Waals surface area contributed by atoms with E-state index in [-0.39, 0.29) is 0 Å². The van der Waals surface area contributed by atoms with E-state index in [0.29, 0.717) is 17.5 Å². The van der Waals surface area contributed by atoms with Gasteiger partial charge in [-0.1, -0.05) is 97.1 Å². The second kappa shape index (κ2) is 10.9. The van der Waals surface area contributed by atoms with Gasteiger partial charge in [-0.3, -0.25) is 0 Å². The number of rotatable bonds is 4. The predicted molar refractivity (Wildman–Crippen MR) is 211 cm³/mol. The number of hydrogen-bond acceptors (Lipinski definition) is 5. The molecule has 0 radical (unpaired) electrons. The van der Waals surface area contributed by atoms with Crippen LogP contribution in [-0.2, 0) is 0 Å². The molecular formula is C45H26N4OS. The molecule has 0 unspecified atom stereocenters. The van der Waals surface area contributed by atoms with E-state index >= 15 is 0 Å². The van der Waals surface area contributed by atoms with E-state index < -0.39 is 0 Å². The molecule has 0 atom stereocenters. The summed E-state index contributed by atoms with van der Waals surface area (Å²) in [6.45, 7) is 0. The molecule has 0 N–H and O–H groups in total. The minimum Gasteiger partial charge on any atom is -0.456 e. The van der Waals surface area contributed by atoms with Crippen molar-refractivity contribution in [2.24, 2.45) is 0 Å². The van der Waals surface area contributed by atoms with Crippen LogP contribution in [0.5, 0.6) is 0 Å². The summed E-state index contributed by atoms with van der Waals surface area (Å²) in [7, 11) is 0. The van der Waals surface area contributed by atoms with E-state index in [4.69, 9.17) is 19.4 Å². The third kappa shape index (κ3) is 4.43. The summed E-state index contributed by atoms with van der Waals surface area (Å²) in [5, 5.41) is 7.04. The summed E-state index contributed by atoms with van der Waals surface area (Å²) in [5.74, 6) is 1.95. The molecular weight excluding hydrogens is 645 g/mol. The van der Waals surface area contributed by atoms with Crippen molar-refractivity contribution in [2.75, 3.05) is 0 Å². The van der Waals surface area contributed by atoms with Crippen LogP contribution in [0.1, 0.15) is 0 Å². The molecule has 4 aromatic heterocycles. The molecule has 0 amide bonds. The first-order valence-electron chi connectivity index (χ1n) is 16.9. The Hall–Kier alpha value is -6.63. The second-order valence-corrected chi connectivity index (χ2v) is 13.9. The Morgan fingerprint density at radius 3 is 1.63 bits per heavy atom. The topological polar surface area (TPSA) is 56.7 Å². The van der Waals surface area contributed by atoms with E-state index in [9.17, 15) is 0 Å². The van der Waals surface area contributed by atoms with Gasteiger partial charge in [0.1, 0.15) is 11.2 Å². The van der Waals surface area contributed by atoms with Crippen LogP contribution in [0.4, 0.5) is 0 Å². The standard InChI is InChI=1S/C45H26N4OS/c1-3-11-27(12-4-1)43-46-44(28-13-5-2-6-14-28)48-45(47-43)29-19-22-41-35(23-29)36-25-40-34(26-42(36)51-41)33-24-30(20-21-39(33)50-40)49-37-17-9-7-15-31(37)32-16-8-10-18-38(32)49/h1-26H. The van der Waals surface area contributed by atoms with Crippen LogP contribution >= 0.6 is 11.3 Å². The van der Waals surface area contributed by atoms with Crippen LogP contribution in [0.25, 0.3) is 104 Å². The number of fused-ring (bicyclic) bond motifs is 9. The first kappa shape index (κ1) is 28.2. The summed E-state index contributed by atoms with van der Waals surface area (Å²) in [6.07, 6.45) is 0. The lowest BCUT2D eigenvalue weighted by molar-refractivity contribution is 0.669. The molecule has 6 heteroatoms. The van der Waals surface area contributed by atoms with E-state index in [2.05, 4.69) is 102 Å². The van der Waals surface area contributed by atoms with Crippen molar-refractivity contribution in [1.82, 2.24) is 19.5 Å². The number of para-hydroxylation sites is 2. The maximum absolute atomic E-state index is 6.53. The minimum absolute atomic E-state index is 0.645. The number of nitrogens with zero attached hydrogens (tertiary/aromatic N) is 4. The van der Waals surface area contributed by atoms with E-state index in [1.165, 1.54) is 31.2 Å². The first-order chi connectivity index (χ1) is 25.2. The first-order valence-corrected chi connectivity index (χ1v) is 17.8. The van der Waals surface area contributed by atoms with Crippen LogP contribution in [0.2, 0.25) is 0 Å². The van der Waals surface area contributed by atoms with Crippen LogP contribution < -0.4 is 0 Å². The Labute approximate surface area is 295 Å². The van der Waals surface area contributed by atoms with Crippen molar-refractivity contribution in [3.05, 3.63) is 158 Å². The molecule has 5 nitrogen and oxygen atoms in total. The monoisotopic (exact) mass is 670 g/mol. The third-order valence-electron chi connectivity index (χ3n) is 9.84. The molecule has 0 saturated carbocycles. The summed E-state index contributed by atoms with van der Waals surface area (Å²) in [5.41, 5.74) is 8.11. The lowest BCUT2D eigenvalue weighted by Crippen LogP contribution is -2.00. The number of thiophene rings is 1. The van der Waals surface area contributed by atoms with Crippen LogP contribution in [0, 0.1) is 0 Å². The zero-order chi connectivity index (χ0) is 33.5. The molecule has 0 spiro atoms. The SMILES string of the molecule is c1ccc(-c2nc(-c3ccccc3)nc(-c3ccc4sc5cc6c(cc5c4c3)oc3ccc(-n4c5ccccc5c5ccccc54)cc36)n2)cc1. The highest BCUT2D eigenvalue weighted by molar-refractivity contribution is 7.25. The lowest BCUT2D eigenvalue weighted by atomic mass is 10.1. The van der Waals surface area contributed by atoms with Gasteiger partial charge < -0.3 is 8.98 Å². The van der Waals surface area contributed by atoms with Crippen molar-refractivity contribution in [3.63, 3.8) is 0 Å². The molecule has 4 heterocycles. The molecule has 7 aromatic carbocycles. The molecule has 238 valence electrons. The van der Waals surface area contributed by atoms with Crippen LogP contribution in [0.15, 0.2) is 162 Å². The Morgan fingerprint density at radius 1 is 0.392 bits per heavy atom. The van der Waals surface area contributed by atoms with Gasteiger partial charge in [0.2, 0.25) is 0 Å². The molecule has 0 aliphatic rings. The minimum atomic E-state index is 0.645. The van der Waals surface area contributed by atoms with Crippen LogP contribution in [0.3, 0.4) is 0 Å². The van der Waals surface area contributed by atoms with Gasteiger partial charge in [0.25, 0.3) is 0 Å². The maximum atomic E-state index is 6.53. The molecule has 11 aromatic rings. The van der Waals surface area contributed by atoms with Gasteiger partial charge in [0.05, 0.1) is 11.0 Å². The van der Waals surface area contributed by atoms with Crippen molar-refractivity contribution in [3.8, 4) is 39.9 Å². The quantitative estimate of drug-likeness (QED) is 0.187. The van der Waals surface area contributed by atoms with Crippen molar-refractivity contribution in [1.29, 1.82) is 0 Å². The number of benzene rings is 7. The van der Waals surface area contributed by atoms with E-state index in [1.807, 2.05) is 60.7 Å². The normalized spacial score (nSPS) is 11.9. The molecule has 0 aliphatic heterocycles. The average Bonchev–Trinajstić information content (AvgIpc) is 3.86. The van der Waals surface area contributed by atoms with Gasteiger partial charge >= 0.3 is 0 Å². The smallest absolute Gasteiger partial charge is 0.164 e. The van der Waals surface area contributed by atoms with Crippen molar-refractivity contribution in [2.45, 2.75) is 0 Å². The summed E-state index contributed by atoms with van der Waals surface area (Å²) >= 11 is 1.80. The molecule has 0 aliphatic carbocycles. The van der Waals surface area contributed by atoms with Gasteiger partial charge in [-0.05, 0) is 60.7 Å². The van der Waals surface area contributed by atoms with Gasteiger partial charge in [-0.2, -0.15) is 0 Å². The predicted octanol–water partition coefficient (Wildman–Crippen LogP) is 12.2. The zero-order valence-electron chi connectivity index (χ0n) is 27.1. The number of aromatic nitrogens is 4. The van der Waals surface area contributed by atoms with Gasteiger partial charge in [0, 0.05) is 64.1 Å². The van der Waals surface area contributed by atoms with Crippen LogP contribution in [-0.4, -0.2) is 19.5 Å². The molecule has 0 bridgehead atoms. The van der Waals surface area contributed by atoms with Gasteiger partial charge in [-0.15, -0.1) is 11.3 Å². The maximum Gasteiger partial charge on any atom is 0.164 e.